The van der Waals surface area contributed by atoms with Crippen LogP contribution in [0.4, 0.5) is 0 Å². The molecule has 100 valence electrons. The van der Waals surface area contributed by atoms with Gasteiger partial charge in [0.05, 0.1) is 9.77 Å². The summed E-state index contributed by atoms with van der Waals surface area (Å²) in [5.41, 5.74) is 0. The van der Waals surface area contributed by atoms with Gasteiger partial charge in [0, 0.05) is 31.1 Å². The van der Waals surface area contributed by atoms with Crippen LogP contribution in [0.1, 0.15) is 14.5 Å². The fraction of sp³-hybridized carbons (Fsp3) is 0.500. The number of piperazine rings is 1. The van der Waals surface area contributed by atoms with Crippen LogP contribution in [0.2, 0.25) is 0 Å². The molecule has 0 bridgehead atoms. The largest absolute Gasteiger partial charge is 0.335 e. The smallest absolute Gasteiger partial charge is 0.264 e. The molecule has 1 fully saturated rings. The average Bonchev–Trinajstić information content (AvgIpc) is 2.71. The van der Waals surface area contributed by atoms with Crippen LogP contribution in [-0.4, -0.2) is 45.4 Å². The van der Waals surface area contributed by atoms with Crippen molar-refractivity contribution in [3.05, 3.63) is 15.8 Å². The molecule has 0 radical (unpaired) electrons. The molecule has 1 amide bonds. The van der Waals surface area contributed by atoms with E-state index in [1.807, 2.05) is 0 Å². The predicted molar refractivity (Wildman–Crippen MR) is 69.2 cm³/mol. The number of aryl methyl sites for hydroxylation is 1. The van der Waals surface area contributed by atoms with Gasteiger partial charge < -0.3 is 10.2 Å². The van der Waals surface area contributed by atoms with Gasteiger partial charge in [0.25, 0.3) is 5.91 Å². The van der Waals surface area contributed by atoms with E-state index in [-0.39, 0.29) is 10.8 Å². The zero-order valence-corrected chi connectivity index (χ0v) is 11.6. The van der Waals surface area contributed by atoms with Crippen molar-refractivity contribution < 1.29 is 13.2 Å². The Hall–Kier alpha value is -0.960. The molecule has 8 heteroatoms. The van der Waals surface area contributed by atoms with Crippen LogP contribution in [0, 0.1) is 6.92 Å². The van der Waals surface area contributed by atoms with E-state index in [0.29, 0.717) is 22.8 Å². The lowest BCUT2D eigenvalue weighted by atomic mass is 10.3. The summed E-state index contributed by atoms with van der Waals surface area (Å²) in [5.74, 6) is -0.125. The third kappa shape index (κ3) is 2.72. The molecule has 1 aliphatic heterocycles. The molecule has 0 unspecified atom stereocenters. The number of carbonyl (C=O) groups is 1. The minimum absolute atomic E-state index is 0.0472. The summed E-state index contributed by atoms with van der Waals surface area (Å²) in [6, 6.07) is 1.37. The Bertz CT molecular complexity index is 559. The zero-order valence-electron chi connectivity index (χ0n) is 9.97. The summed E-state index contributed by atoms with van der Waals surface area (Å²) in [6.07, 6.45) is 0. The highest BCUT2D eigenvalue weighted by Gasteiger charge is 2.23. The molecule has 0 atom stereocenters. The molecule has 18 heavy (non-hydrogen) atoms. The van der Waals surface area contributed by atoms with Crippen molar-refractivity contribution in [1.82, 2.24) is 10.2 Å². The molecular formula is C10H15N3O3S2. The van der Waals surface area contributed by atoms with Gasteiger partial charge in [0.2, 0.25) is 10.0 Å². The molecule has 0 saturated carbocycles. The van der Waals surface area contributed by atoms with E-state index in [1.165, 1.54) is 17.4 Å². The lowest BCUT2D eigenvalue weighted by Gasteiger charge is -2.26. The molecule has 2 heterocycles. The summed E-state index contributed by atoms with van der Waals surface area (Å²) in [7, 11) is -3.75. The topological polar surface area (TPSA) is 92.5 Å². The van der Waals surface area contributed by atoms with Crippen molar-refractivity contribution in [3.8, 4) is 0 Å². The Kier molecular flexibility index (Phi) is 3.71. The molecule has 1 aromatic rings. The lowest BCUT2D eigenvalue weighted by Crippen LogP contribution is -2.46. The van der Waals surface area contributed by atoms with Gasteiger partial charge in [-0.15, -0.1) is 11.3 Å². The second-order valence-electron chi connectivity index (χ2n) is 4.12. The Morgan fingerprint density at radius 1 is 1.44 bits per heavy atom. The van der Waals surface area contributed by atoms with Gasteiger partial charge >= 0.3 is 0 Å². The number of hydrogen-bond donors (Lipinski definition) is 2. The quantitative estimate of drug-likeness (QED) is 0.785. The van der Waals surface area contributed by atoms with E-state index in [1.54, 1.807) is 11.8 Å². The minimum Gasteiger partial charge on any atom is -0.335 e. The van der Waals surface area contributed by atoms with Crippen molar-refractivity contribution in [2.75, 3.05) is 26.2 Å². The molecule has 1 aromatic heterocycles. The number of nitrogens with zero attached hydrogens (tertiary/aromatic N) is 1. The second kappa shape index (κ2) is 4.96. The number of nitrogens with one attached hydrogen (secondary N) is 1. The third-order valence-electron chi connectivity index (χ3n) is 2.79. The summed E-state index contributed by atoms with van der Waals surface area (Å²) in [6.45, 7) is 4.45. The molecule has 6 nitrogen and oxygen atoms in total. The highest BCUT2D eigenvalue weighted by molar-refractivity contribution is 7.89. The third-order valence-corrected chi connectivity index (χ3v) is 5.00. The molecular weight excluding hydrogens is 274 g/mol. The van der Waals surface area contributed by atoms with Gasteiger partial charge in [-0.1, -0.05) is 0 Å². The van der Waals surface area contributed by atoms with Crippen molar-refractivity contribution in [1.29, 1.82) is 0 Å². The van der Waals surface area contributed by atoms with E-state index in [9.17, 15) is 13.2 Å². The van der Waals surface area contributed by atoms with E-state index < -0.39 is 10.0 Å². The second-order valence-corrected chi connectivity index (χ2v) is 6.90. The first-order valence-electron chi connectivity index (χ1n) is 5.53. The fourth-order valence-corrected chi connectivity index (χ4v) is 3.99. The van der Waals surface area contributed by atoms with Gasteiger partial charge in [0.1, 0.15) is 0 Å². The number of rotatable bonds is 2. The first kappa shape index (κ1) is 13.5. The first-order valence-corrected chi connectivity index (χ1v) is 7.89. The van der Waals surface area contributed by atoms with Crippen LogP contribution in [0.3, 0.4) is 0 Å². The number of amides is 1. The predicted octanol–water partition coefficient (Wildman–Crippen LogP) is -0.251. The summed E-state index contributed by atoms with van der Waals surface area (Å²) >= 11 is 1.17. The molecule has 2 rings (SSSR count). The van der Waals surface area contributed by atoms with Crippen molar-refractivity contribution in [3.63, 3.8) is 0 Å². The zero-order chi connectivity index (χ0) is 13.3. The maximum atomic E-state index is 12.2. The number of hydrogen-bond acceptors (Lipinski definition) is 5. The van der Waals surface area contributed by atoms with E-state index in [2.05, 4.69) is 5.32 Å². The van der Waals surface area contributed by atoms with Crippen molar-refractivity contribution in [2.45, 2.75) is 11.8 Å². The lowest BCUT2D eigenvalue weighted by molar-refractivity contribution is 0.0740. The fourth-order valence-electron chi connectivity index (χ4n) is 1.88. The molecule has 0 spiro atoms. The summed E-state index contributed by atoms with van der Waals surface area (Å²) in [5, 5.41) is 8.25. The number of primary sulfonamides is 1. The Morgan fingerprint density at radius 2 is 2.06 bits per heavy atom. The van der Waals surface area contributed by atoms with Gasteiger partial charge in [-0.3, -0.25) is 4.79 Å². The van der Waals surface area contributed by atoms with Crippen LogP contribution in [0.5, 0.6) is 0 Å². The SMILES string of the molecule is Cc1sc(C(=O)N2CCNCC2)cc1S(N)(=O)=O. The number of sulfonamides is 1. The van der Waals surface area contributed by atoms with E-state index in [0.717, 1.165) is 13.1 Å². The minimum atomic E-state index is -3.75. The monoisotopic (exact) mass is 289 g/mol. The molecule has 1 aliphatic rings. The maximum absolute atomic E-state index is 12.2. The highest BCUT2D eigenvalue weighted by atomic mass is 32.2. The van der Waals surface area contributed by atoms with Crippen molar-refractivity contribution in [2.24, 2.45) is 5.14 Å². The number of nitrogens with two attached hydrogens (primary N) is 1. The van der Waals surface area contributed by atoms with Crippen LogP contribution in [0.25, 0.3) is 0 Å². The molecule has 3 N–H and O–H groups in total. The van der Waals surface area contributed by atoms with Crippen LogP contribution in [0.15, 0.2) is 11.0 Å². The summed E-state index contributed by atoms with van der Waals surface area (Å²) in [4.78, 5) is 14.9. The van der Waals surface area contributed by atoms with Gasteiger partial charge in [-0.05, 0) is 13.0 Å². The van der Waals surface area contributed by atoms with Gasteiger partial charge in [-0.2, -0.15) is 0 Å². The number of carbonyl (C=O) groups excluding carboxylic acids is 1. The number of thiophene rings is 1. The van der Waals surface area contributed by atoms with Gasteiger partial charge in [0.15, 0.2) is 0 Å². The maximum Gasteiger partial charge on any atom is 0.264 e. The highest BCUT2D eigenvalue weighted by Crippen LogP contribution is 2.25. The van der Waals surface area contributed by atoms with Crippen molar-refractivity contribution >= 4 is 27.3 Å². The van der Waals surface area contributed by atoms with E-state index >= 15 is 0 Å². The van der Waals surface area contributed by atoms with Crippen LogP contribution < -0.4 is 10.5 Å². The van der Waals surface area contributed by atoms with E-state index in [4.69, 9.17) is 5.14 Å². The normalized spacial score (nSPS) is 16.9. The molecule has 1 saturated heterocycles. The Labute approximate surface area is 110 Å². The average molecular weight is 289 g/mol. The standard InChI is InChI=1S/C10H15N3O3S2/c1-7-9(18(11,15)16)6-8(17-7)10(14)13-4-2-12-3-5-13/h6,12H,2-5H2,1H3,(H2,11,15,16). The van der Waals surface area contributed by atoms with Crippen LogP contribution >= 0.6 is 11.3 Å². The van der Waals surface area contributed by atoms with Crippen LogP contribution in [-0.2, 0) is 10.0 Å². The summed E-state index contributed by atoms with van der Waals surface area (Å²) < 4.78 is 22.6. The van der Waals surface area contributed by atoms with Gasteiger partial charge in [-0.25, -0.2) is 13.6 Å². The molecule has 0 aliphatic carbocycles. The Morgan fingerprint density at radius 3 is 2.56 bits per heavy atom. The first-order chi connectivity index (χ1) is 8.39. The Balaban J connectivity index is 2.26. The molecule has 0 aromatic carbocycles.